The molecule has 1 atom stereocenters. The second kappa shape index (κ2) is 5.60. The SMILES string of the molecule is OC(c1cnc2ccccc2c1)c1ncc(Br)cc1Br. The van der Waals surface area contributed by atoms with Crippen molar-refractivity contribution in [3.8, 4) is 0 Å². The van der Waals surface area contributed by atoms with Crippen molar-refractivity contribution in [2.75, 3.05) is 0 Å². The van der Waals surface area contributed by atoms with Crippen molar-refractivity contribution in [3.05, 3.63) is 69.0 Å². The molecule has 3 rings (SSSR count). The molecule has 100 valence electrons. The smallest absolute Gasteiger partial charge is 0.124 e. The topological polar surface area (TPSA) is 46.0 Å². The molecule has 20 heavy (non-hydrogen) atoms. The van der Waals surface area contributed by atoms with Crippen LogP contribution in [0.5, 0.6) is 0 Å². The average molecular weight is 394 g/mol. The van der Waals surface area contributed by atoms with E-state index in [-0.39, 0.29) is 0 Å². The Hall–Kier alpha value is -1.30. The Labute approximate surface area is 133 Å². The van der Waals surface area contributed by atoms with Gasteiger partial charge in [0, 0.05) is 32.3 Å². The Kier molecular flexibility index (Phi) is 3.83. The van der Waals surface area contributed by atoms with E-state index in [1.165, 1.54) is 0 Å². The second-order valence-electron chi connectivity index (χ2n) is 4.38. The van der Waals surface area contributed by atoms with E-state index < -0.39 is 6.10 Å². The van der Waals surface area contributed by atoms with Gasteiger partial charge in [-0.2, -0.15) is 0 Å². The van der Waals surface area contributed by atoms with E-state index in [0.717, 1.165) is 25.4 Å². The molecule has 0 fully saturated rings. The largest absolute Gasteiger partial charge is 0.382 e. The first-order valence-electron chi connectivity index (χ1n) is 5.99. The van der Waals surface area contributed by atoms with E-state index in [1.54, 1.807) is 12.4 Å². The third-order valence-corrected chi connectivity index (χ3v) is 4.09. The zero-order valence-corrected chi connectivity index (χ0v) is 13.5. The Morgan fingerprint density at radius 3 is 2.60 bits per heavy atom. The van der Waals surface area contributed by atoms with Gasteiger partial charge in [0.05, 0.1) is 11.2 Å². The number of rotatable bonds is 2. The van der Waals surface area contributed by atoms with Gasteiger partial charge in [0.2, 0.25) is 0 Å². The summed E-state index contributed by atoms with van der Waals surface area (Å²) in [6.45, 7) is 0. The molecule has 5 heteroatoms. The van der Waals surface area contributed by atoms with Crippen LogP contribution in [0.3, 0.4) is 0 Å². The maximum Gasteiger partial charge on any atom is 0.124 e. The summed E-state index contributed by atoms with van der Waals surface area (Å²) in [5, 5.41) is 11.5. The van der Waals surface area contributed by atoms with Gasteiger partial charge in [-0.15, -0.1) is 0 Å². The molecule has 1 unspecified atom stereocenters. The number of nitrogens with zero attached hydrogens (tertiary/aromatic N) is 2. The lowest BCUT2D eigenvalue weighted by Gasteiger charge is -2.12. The van der Waals surface area contributed by atoms with Crippen LogP contribution in [0, 0.1) is 0 Å². The molecule has 0 aliphatic carbocycles. The van der Waals surface area contributed by atoms with Crippen LogP contribution in [0.4, 0.5) is 0 Å². The van der Waals surface area contributed by atoms with Crippen LogP contribution in [-0.2, 0) is 0 Å². The Morgan fingerprint density at radius 1 is 1.00 bits per heavy atom. The third kappa shape index (κ3) is 2.61. The van der Waals surface area contributed by atoms with Crippen molar-refractivity contribution < 1.29 is 5.11 Å². The van der Waals surface area contributed by atoms with Gasteiger partial charge in [0.1, 0.15) is 6.10 Å². The van der Waals surface area contributed by atoms with Crippen LogP contribution in [0.2, 0.25) is 0 Å². The number of pyridine rings is 2. The van der Waals surface area contributed by atoms with Crippen molar-refractivity contribution >= 4 is 42.8 Å². The van der Waals surface area contributed by atoms with E-state index in [0.29, 0.717) is 5.69 Å². The Morgan fingerprint density at radius 2 is 1.80 bits per heavy atom. The summed E-state index contributed by atoms with van der Waals surface area (Å²) in [5.41, 5.74) is 2.20. The number of aliphatic hydroxyl groups excluding tert-OH is 1. The van der Waals surface area contributed by atoms with Crippen molar-refractivity contribution in [1.29, 1.82) is 0 Å². The average Bonchev–Trinajstić information content (AvgIpc) is 2.46. The minimum atomic E-state index is -0.811. The van der Waals surface area contributed by atoms with Crippen molar-refractivity contribution in [1.82, 2.24) is 9.97 Å². The maximum atomic E-state index is 10.5. The molecule has 0 spiro atoms. The first kappa shape index (κ1) is 13.7. The van der Waals surface area contributed by atoms with Gasteiger partial charge in [-0.1, -0.05) is 18.2 Å². The van der Waals surface area contributed by atoms with Gasteiger partial charge < -0.3 is 5.11 Å². The summed E-state index contributed by atoms with van der Waals surface area (Å²) in [6, 6.07) is 11.6. The maximum absolute atomic E-state index is 10.5. The molecule has 0 aliphatic rings. The summed E-state index contributed by atoms with van der Waals surface area (Å²) < 4.78 is 1.62. The number of aromatic nitrogens is 2. The van der Waals surface area contributed by atoms with Crippen LogP contribution >= 0.6 is 31.9 Å². The molecule has 2 aromatic heterocycles. The predicted molar refractivity (Wildman–Crippen MR) is 85.4 cm³/mol. The van der Waals surface area contributed by atoms with Gasteiger partial charge in [-0.25, -0.2) is 0 Å². The summed E-state index contributed by atoms with van der Waals surface area (Å²) in [6.07, 6.45) is 2.54. The molecule has 0 saturated carbocycles. The molecule has 0 aliphatic heterocycles. The van der Waals surface area contributed by atoms with Crippen molar-refractivity contribution in [3.63, 3.8) is 0 Å². The molecule has 0 saturated heterocycles. The Bertz CT molecular complexity index is 777. The summed E-state index contributed by atoms with van der Waals surface area (Å²) >= 11 is 6.77. The second-order valence-corrected chi connectivity index (χ2v) is 6.15. The van der Waals surface area contributed by atoms with Crippen LogP contribution in [0.15, 0.2) is 57.7 Å². The lowest BCUT2D eigenvalue weighted by atomic mass is 10.1. The molecule has 0 amide bonds. The molecule has 1 aromatic carbocycles. The third-order valence-electron chi connectivity index (χ3n) is 3.02. The minimum absolute atomic E-state index is 0.574. The minimum Gasteiger partial charge on any atom is -0.382 e. The monoisotopic (exact) mass is 392 g/mol. The van der Waals surface area contributed by atoms with E-state index >= 15 is 0 Å². The number of aliphatic hydroxyl groups is 1. The molecule has 1 N–H and O–H groups in total. The van der Waals surface area contributed by atoms with Crippen molar-refractivity contribution in [2.24, 2.45) is 0 Å². The van der Waals surface area contributed by atoms with Gasteiger partial charge in [0.25, 0.3) is 0 Å². The van der Waals surface area contributed by atoms with E-state index in [2.05, 4.69) is 41.8 Å². The summed E-state index contributed by atoms with van der Waals surface area (Å²) in [7, 11) is 0. The standard InChI is InChI=1S/C15H10Br2N2O/c16-11-6-12(17)14(19-8-11)15(20)10-5-9-3-1-2-4-13(9)18-7-10/h1-8,15,20H. The van der Waals surface area contributed by atoms with Gasteiger partial charge in [-0.05, 0) is 50.1 Å². The molecular formula is C15H10Br2N2O. The highest BCUT2D eigenvalue weighted by atomic mass is 79.9. The lowest BCUT2D eigenvalue weighted by Crippen LogP contribution is -2.04. The first-order valence-corrected chi connectivity index (χ1v) is 7.57. The zero-order chi connectivity index (χ0) is 14.1. The molecule has 0 bridgehead atoms. The molecule has 3 nitrogen and oxygen atoms in total. The van der Waals surface area contributed by atoms with Gasteiger partial charge in [-0.3, -0.25) is 9.97 Å². The van der Waals surface area contributed by atoms with Crippen LogP contribution in [-0.4, -0.2) is 15.1 Å². The Balaban J connectivity index is 2.05. The summed E-state index contributed by atoms with van der Waals surface area (Å²) in [5.74, 6) is 0. The van der Waals surface area contributed by atoms with E-state index in [1.807, 2.05) is 36.4 Å². The predicted octanol–water partition coefficient (Wildman–Crippen LogP) is 4.24. The lowest BCUT2D eigenvalue weighted by molar-refractivity contribution is 0.214. The normalized spacial score (nSPS) is 12.6. The fourth-order valence-electron chi connectivity index (χ4n) is 2.02. The van der Waals surface area contributed by atoms with Crippen LogP contribution in [0.25, 0.3) is 10.9 Å². The highest BCUT2D eigenvalue weighted by molar-refractivity contribution is 9.11. The highest BCUT2D eigenvalue weighted by Gasteiger charge is 2.16. The van der Waals surface area contributed by atoms with E-state index in [4.69, 9.17) is 0 Å². The zero-order valence-electron chi connectivity index (χ0n) is 10.3. The number of halogens is 2. The quantitative estimate of drug-likeness (QED) is 0.708. The van der Waals surface area contributed by atoms with Gasteiger partial charge in [0.15, 0.2) is 0 Å². The van der Waals surface area contributed by atoms with Crippen LogP contribution < -0.4 is 0 Å². The number of fused-ring (bicyclic) bond motifs is 1. The molecule has 2 heterocycles. The highest BCUT2D eigenvalue weighted by Crippen LogP contribution is 2.29. The first-order chi connectivity index (χ1) is 9.65. The number of hydrogen-bond donors (Lipinski definition) is 1. The van der Waals surface area contributed by atoms with Gasteiger partial charge >= 0.3 is 0 Å². The number of hydrogen-bond acceptors (Lipinski definition) is 3. The fourth-order valence-corrected chi connectivity index (χ4v) is 3.23. The summed E-state index contributed by atoms with van der Waals surface area (Å²) in [4.78, 5) is 8.63. The molecular weight excluding hydrogens is 384 g/mol. The number of para-hydroxylation sites is 1. The fraction of sp³-hybridized carbons (Fsp3) is 0.0667. The van der Waals surface area contributed by atoms with Crippen LogP contribution in [0.1, 0.15) is 17.4 Å². The van der Waals surface area contributed by atoms with E-state index in [9.17, 15) is 5.11 Å². The molecule has 0 radical (unpaired) electrons. The number of benzene rings is 1. The van der Waals surface area contributed by atoms with Crippen molar-refractivity contribution in [2.45, 2.75) is 6.10 Å². The molecule has 3 aromatic rings.